The molecule has 0 spiro atoms. The number of imidazole rings is 1. The molecule has 0 bridgehead atoms. The molecule has 0 aliphatic rings. The Bertz CT molecular complexity index is 642. The number of carboxylic acids is 1. The molecular formula is C14H19N3O3S. The predicted octanol–water partition coefficient (Wildman–Crippen LogP) is 2.51. The van der Waals surface area contributed by atoms with Crippen molar-refractivity contribution in [1.82, 2.24) is 14.5 Å². The quantitative estimate of drug-likeness (QED) is 0.792. The Morgan fingerprint density at radius 2 is 2.33 bits per heavy atom. The second-order valence-electron chi connectivity index (χ2n) is 4.81. The number of pyridine rings is 1. The topological polar surface area (TPSA) is 77.2 Å². The van der Waals surface area contributed by atoms with Crippen LogP contribution in [0.1, 0.15) is 25.5 Å². The maximum absolute atomic E-state index is 10.8. The first-order valence-corrected chi connectivity index (χ1v) is 7.78. The van der Waals surface area contributed by atoms with Gasteiger partial charge in [-0.15, -0.1) is 0 Å². The molecule has 0 saturated carbocycles. The Hall–Kier alpha value is -1.60. The fourth-order valence-corrected chi connectivity index (χ4v) is 2.87. The summed E-state index contributed by atoms with van der Waals surface area (Å²) < 4.78 is 7.43. The molecule has 1 unspecified atom stereocenters. The Morgan fingerprint density at radius 1 is 1.57 bits per heavy atom. The van der Waals surface area contributed by atoms with Gasteiger partial charge in [0.1, 0.15) is 5.52 Å². The highest BCUT2D eigenvalue weighted by molar-refractivity contribution is 7.99. The lowest BCUT2D eigenvalue weighted by Gasteiger charge is -2.16. The normalized spacial score (nSPS) is 12.7. The molecule has 0 fully saturated rings. The molecule has 21 heavy (non-hydrogen) atoms. The van der Waals surface area contributed by atoms with Gasteiger partial charge in [-0.25, -0.2) is 9.97 Å². The molecule has 7 heteroatoms. The van der Waals surface area contributed by atoms with Crippen LogP contribution in [0.3, 0.4) is 0 Å². The van der Waals surface area contributed by atoms with Crippen LogP contribution in [0.4, 0.5) is 0 Å². The van der Waals surface area contributed by atoms with Crippen molar-refractivity contribution in [3.8, 4) is 0 Å². The molecule has 0 amide bonds. The van der Waals surface area contributed by atoms with Crippen LogP contribution in [0.2, 0.25) is 0 Å². The number of carbonyl (C=O) groups is 1. The van der Waals surface area contributed by atoms with Crippen LogP contribution >= 0.6 is 11.8 Å². The number of nitrogens with zero attached hydrogens (tertiary/aromatic N) is 3. The number of rotatable bonds is 7. The van der Waals surface area contributed by atoms with E-state index in [1.807, 2.05) is 31.4 Å². The second kappa shape index (κ2) is 6.91. The Morgan fingerprint density at radius 3 is 3.00 bits per heavy atom. The highest BCUT2D eigenvalue weighted by atomic mass is 32.2. The van der Waals surface area contributed by atoms with Gasteiger partial charge in [0.15, 0.2) is 10.8 Å². The Kier molecular flexibility index (Phi) is 5.19. The Balaban J connectivity index is 2.41. The lowest BCUT2D eigenvalue weighted by molar-refractivity contribution is -0.133. The zero-order chi connectivity index (χ0) is 15.4. The standard InChI is InChI=1S/C14H19N3O3S/c1-4-20-7-10(3)17-13-11(5-9(2)6-15-13)16-14(17)21-8-12(18)19/h5-6,10H,4,7-8H2,1-3H3,(H,18,19). The summed E-state index contributed by atoms with van der Waals surface area (Å²) >= 11 is 1.21. The summed E-state index contributed by atoms with van der Waals surface area (Å²) in [7, 11) is 0. The van der Waals surface area contributed by atoms with E-state index in [4.69, 9.17) is 9.84 Å². The van der Waals surface area contributed by atoms with E-state index in [2.05, 4.69) is 9.97 Å². The third kappa shape index (κ3) is 3.74. The highest BCUT2D eigenvalue weighted by Gasteiger charge is 2.18. The van der Waals surface area contributed by atoms with Crippen LogP contribution in [0.15, 0.2) is 17.4 Å². The molecular weight excluding hydrogens is 290 g/mol. The van der Waals surface area contributed by atoms with Crippen molar-refractivity contribution in [2.75, 3.05) is 19.0 Å². The van der Waals surface area contributed by atoms with Crippen LogP contribution in [0.5, 0.6) is 0 Å². The smallest absolute Gasteiger partial charge is 0.313 e. The minimum absolute atomic E-state index is 0.0241. The minimum Gasteiger partial charge on any atom is -0.481 e. The van der Waals surface area contributed by atoms with Gasteiger partial charge in [0.05, 0.1) is 18.4 Å². The molecule has 0 aliphatic heterocycles. The Labute approximate surface area is 127 Å². The van der Waals surface area contributed by atoms with Gasteiger partial charge >= 0.3 is 5.97 Å². The van der Waals surface area contributed by atoms with Crippen molar-refractivity contribution >= 4 is 28.9 Å². The first-order valence-electron chi connectivity index (χ1n) is 6.79. The summed E-state index contributed by atoms with van der Waals surface area (Å²) in [5, 5.41) is 9.53. The fourth-order valence-electron chi connectivity index (χ4n) is 2.05. The molecule has 1 N–H and O–H groups in total. The molecule has 0 saturated heterocycles. The number of ether oxygens (including phenoxy) is 1. The molecule has 0 radical (unpaired) electrons. The van der Waals surface area contributed by atoms with Gasteiger partial charge in [-0.05, 0) is 32.4 Å². The number of thioether (sulfide) groups is 1. The van der Waals surface area contributed by atoms with Crippen LogP contribution in [0, 0.1) is 6.92 Å². The number of aliphatic carboxylic acids is 1. The predicted molar refractivity (Wildman–Crippen MR) is 81.8 cm³/mol. The minimum atomic E-state index is -0.861. The second-order valence-corrected chi connectivity index (χ2v) is 5.75. The third-order valence-electron chi connectivity index (χ3n) is 2.96. The molecule has 6 nitrogen and oxygen atoms in total. The molecule has 2 aromatic rings. The molecule has 1 atom stereocenters. The molecule has 0 aliphatic carbocycles. The highest BCUT2D eigenvalue weighted by Crippen LogP contribution is 2.27. The van der Waals surface area contributed by atoms with E-state index >= 15 is 0 Å². The number of hydrogen-bond donors (Lipinski definition) is 1. The largest absolute Gasteiger partial charge is 0.481 e. The van der Waals surface area contributed by atoms with Gasteiger partial charge in [0.25, 0.3) is 0 Å². The number of aryl methyl sites for hydroxylation is 1. The lowest BCUT2D eigenvalue weighted by atomic mass is 10.3. The van der Waals surface area contributed by atoms with Crippen molar-refractivity contribution in [1.29, 1.82) is 0 Å². The van der Waals surface area contributed by atoms with Crippen LogP contribution in [-0.4, -0.2) is 44.6 Å². The van der Waals surface area contributed by atoms with Crippen molar-refractivity contribution in [3.63, 3.8) is 0 Å². The zero-order valence-electron chi connectivity index (χ0n) is 12.4. The molecule has 114 valence electrons. The molecule has 0 aromatic carbocycles. The summed E-state index contributed by atoms with van der Waals surface area (Å²) in [5.74, 6) is -0.885. The van der Waals surface area contributed by atoms with E-state index in [9.17, 15) is 4.79 Å². The van der Waals surface area contributed by atoms with Crippen molar-refractivity contribution in [2.24, 2.45) is 0 Å². The SMILES string of the molecule is CCOCC(C)n1c(SCC(=O)O)nc2cc(C)cnc21. The number of fused-ring (bicyclic) bond motifs is 1. The van der Waals surface area contributed by atoms with Gasteiger partial charge < -0.3 is 9.84 Å². The van der Waals surface area contributed by atoms with Gasteiger partial charge in [-0.2, -0.15) is 0 Å². The van der Waals surface area contributed by atoms with Crippen molar-refractivity contribution in [2.45, 2.75) is 32.0 Å². The average Bonchev–Trinajstić information content (AvgIpc) is 2.79. The number of carboxylic acid groups (broad SMARTS) is 1. The van der Waals surface area contributed by atoms with Crippen LogP contribution in [-0.2, 0) is 9.53 Å². The van der Waals surface area contributed by atoms with Gasteiger partial charge in [-0.3, -0.25) is 9.36 Å². The first kappa shape index (κ1) is 15.8. The molecule has 2 rings (SSSR count). The molecule has 2 aromatic heterocycles. The summed E-state index contributed by atoms with van der Waals surface area (Å²) in [6.45, 7) is 7.10. The maximum Gasteiger partial charge on any atom is 0.313 e. The van der Waals surface area contributed by atoms with Gasteiger partial charge in [-0.1, -0.05) is 11.8 Å². The monoisotopic (exact) mass is 309 g/mol. The fraction of sp³-hybridized carbons (Fsp3) is 0.500. The zero-order valence-corrected chi connectivity index (χ0v) is 13.2. The van der Waals surface area contributed by atoms with Gasteiger partial charge in [0, 0.05) is 12.8 Å². The third-order valence-corrected chi connectivity index (χ3v) is 3.90. The number of hydrogen-bond acceptors (Lipinski definition) is 5. The average molecular weight is 309 g/mol. The van der Waals surface area contributed by atoms with E-state index in [1.165, 1.54) is 11.8 Å². The maximum atomic E-state index is 10.8. The summed E-state index contributed by atoms with van der Waals surface area (Å²) in [5.41, 5.74) is 2.58. The van der Waals surface area contributed by atoms with E-state index in [0.29, 0.717) is 18.4 Å². The van der Waals surface area contributed by atoms with Gasteiger partial charge in [0.2, 0.25) is 0 Å². The van der Waals surface area contributed by atoms with E-state index in [-0.39, 0.29) is 11.8 Å². The molecule has 2 heterocycles. The van der Waals surface area contributed by atoms with E-state index in [1.54, 1.807) is 6.20 Å². The number of aromatic nitrogens is 3. The summed E-state index contributed by atoms with van der Waals surface area (Å²) in [6, 6.07) is 2.00. The lowest BCUT2D eigenvalue weighted by Crippen LogP contribution is -2.14. The van der Waals surface area contributed by atoms with Crippen LogP contribution in [0.25, 0.3) is 11.2 Å². The van der Waals surface area contributed by atoms with E-state index < -0.39 is 5.97 Å². The van der Waals surface area contributed by atoms with Crippen molar-refractivity contribution in [3.05, 3.63) is 17.8 Å². The summed E-state index contributed by atoms with van der Waals surface area (Å²) in [4.78, 5) is 19.8. The summed E-state index contributed by atoms with van der Waals surface area (Å²) in [6.07, 6.45) is 1.79. The first-order chi connectivity index (χ1) is 10.0. The van der Waals surface area contributed by atoms with Crippen molar-refractivity contribution < 1.29 is 14.6 Å². The van der Waals surface area contributed by atoms with E-state index in [0.717, 1.165) is 16.7 Å². The van der Waals surface area contributed by atoms with Crippen LogP contribution < -0.4 is 0 Å².